The van der Waals surface area contributed by atoms with Gasteiger partial charge >= 0.3 is 17.9 Å². The van der Waals surface area contributed by atoms with Crippen molar-refractivity contribution in [3.05, 3.63) is 23.8 Å². The van der Waals surface area contributed by atoms with Gasteiger partial charge in [-0.05, 0) is 32.0 Å². The van der Waals surface area contributed by atoms with E-state index >= 15 is 0 Å². The van der Waals surface area contributed by atoms with Crippen LogP contribution in [0.25, 0.3) is 0 Å². The van der Waals surface area contributed by atoms with Gasteiger partial charge in [0.25, 0.3) is 0 Å². The minimum atomic E-state index is -0.871. The van der Waals surface area contributed by atoms with Crippen LogP contribution in [0.15, 0.2) is 18.2 Å². The third kappa shape index (κ3) is 7.20. The molecule has 0 aliphatic carbocycles. The summed E-state index contributed by atoms with van der Waals surface area (Å²) >= 11 is 0. The molecular formula is C17H21NO8. The molecule has 0 fully saturated rings. The van der Waals surface area contributed by atoms with Gasteiger partial charge in [-0.25, -0.2) is 14.4 Å². The minimum absolute atomic E-state index is 0.0426. The second-order valence-electron chi connectivity index (χ2n) is 4.87. The van der Waals surface area contributed by atoms with Crippen LogP contribution in [-0.4, -0.2) is 50.2 Å². The van der Waals surface area contributed by atoms with Crippen molar-refractivity contribution in [1.29, 1.82) is 0 Å². The first-order chi connectivity index (χ1) is 12.4. The molecule has 0 atom stereocenters. The van der Waals surface area contributed by atoms with Gasteiger partial charge < -0.3 is 24.3 Å². The lowest BCUT2D eigenvalue weighted by Crippen LogP contribution is -2.19. The summed E-state index contributed by atoms with van der Waals surface area (Å²) in [5.41, 5.74) is 0.258. The van der Waals surface area contributed by atoms with E-state index in [1.807, 2.05) is 0 Å². The summed E-state index contributed by atoms with van der Waals surface area (Å²) in [4.78, 5) is 46.1. The zero-order chi connectivity index (χ0) is 19.5. The molecule has 9 nitrogen and oxygen atoms in total. The van der Waals surface area contributed by atoms with E-state index in [-0.39, 0.29) is 30.4 Å². The van der Waals surface area contributed by atoms with Crippen LogP contribution in [0.4, 0.5) is 5.69 Å². The smallest absolute Gasteiger partial charge is 0.344 e. The van der Waals surface area contributed by atoms with Crippen LogP contribution in [0.5, 0.6) is 5.75 Å². The number of nitrogens with one attached hydrogen (secondary N) is 1. The monoisotopic (exact) mass is 367 g/mol. The van der Waals surface area contributed by atoms with Gasteiger partial charge in [-0.15, -0.1) is 0 Å². The van der Waals surface area contributed by atoms with Crippen molar-refractivity contribution in [3.8, 4) is 5.75 Å². The molecule has 1 aromatic rings. The molecule has 1 N–H and O–H groups in total. The van der Waals surface area contributed by atoms with E-state index in [2.05, 4.69) is 10.1 Å². The molecule has 0 saturated carbocycles. The SMILES string of the molecule is CCOC(=O)COC(=O)c1cc(NC(C)=O)ccc1OCC(=O)OCC. The molecule has 1 amide bonds. The third-order valence-corrected chi connectivity index (χ3v) is 2.80. The van der Waals surface area contributed by atoms with Gasteiger partial charge in [0.2, 0.25) is 5.91 Å². The molecule has 9 heteroatoms. The molecule has 0 aromatic heterocycles. The standard InChI is InChI=1S/C17H21NO8/c1-4-23-15(20)9-25-14-7-6-12(18-11(3)19)8-13(14)17(22)26-10-16(21)24-5-2/h6-8H,4-5,9-10H2,1-3H3,(H,18,19). The molecule has 142 valence electrons. The van der Waals surface area contributed by atoms with E-state index < -0.39 is 31.1 Å². The van der Waals surface area contributed by atoms with Crippen molar-refractivity contribution in [2.45, 2.75) is 20.8 Å². The first kappa shape index (κ1) is 20.9. The first-order valence-electron chi connectivity index (χ1n) is 7.90. The van der Waals surface area contributed by atoms with E-state index in [1.54, 1.807) is 13.8 Å². The van der Waals surface area contributed by atoms with Crippen molar-refractivity contribution in [3.63, 3.8) is 0 Å². The second kappa shape index (κ2) is 10.7. The highest BCUT2D eigenvalue weighted by molar-refractivity contribution is 5.96. The lowest BCUT2D eigenvalue weighted by atomic mass is 10.1. The average Bonchev–Trinajstić information content (AvgIpc) is 2.58. The molecule has 1 aromatic carbocycles. The number of ether oxygens (including phenoxy) is 4. The summed E-state index contributed by atoms with van der Waals surface area (Å²) in [7, 11) is 0. The first-order valence-corrected chi connectivity index (χ1v) is 7.90. The number of esters is 3. The summed E-state index contributed by atoms with van der Waals surface area (Å²) in [5.74, 6) is -2.47. The molecule has 0 bridgehead atoms. The van der Waals surface area contributed by atoms with Crippen molar-refractivity contribution < 1.29 is 38.1 Å². The number of hydrogen-bond acceptors (Lipinski definition) is 8. The quantitative estimate of drug-likeness (QED) is 0.513. The number of anilines is 1. The van der Waals surface area contributed by atoms with Gasteiger partial charge in [0, 0.05) is 12.6 Å². The Balaban J connectivity index is 2.93. The Morgan fingerprint density at radius 3 is 2.12 bits per heavy atom. The van der Waals surface area contributed by atoms with Gasteiger partial charge in [-0.3, -0.25) is 4.79 Å². The maximum Gasteiger partial charge on any atom is 0.344 e. The lowest BCUT2D eigenvalue weighted by Gasteiger charge is -2.12. The predicted molar refractivity (Wildman–Crippen MR) is 89.8 cm³/mol. The van der Waals surface area contributed by atoms with Crippen LogP contribution in [0.2, 0.25) is 0 Å². The van der Waals surface area contributed by atoms with E-state index in [4.69, 9.17) is 14.2 Å². The van der Waals surface area contributed by atoms with Crippen LogP contribution in [-0.2, 0) is 28.6 Å². The maximum absolute atomic E-state index is 12.2. The van der Waals surface area contributed by atoms with E-state index in [0.29, 0.717) is 5.69 Å². The topological polar surface area (TPSA) is 117 Å². The molecule has 0 saturated heterocycles. The van der Waals surface area contributed by atoms with Crippen molar-refractivity contribution in [2.75, 3.05) is 31.7 Å². The number of hydrogen-bond donors (Lipinski definition) is 1. The van der Waals surface area contributed by atoms with E-state index in [1.165, 1.54) is 25.1 Å². The Morgan fingerprint density at radius 1 is 0.923 bits per heavy atom. The molecule has 0 heterocycles. The molecule has 0 radical (unpaired) electrons. The molecule has 0 unspecified atom stereocenters. The molecule has 1 rings (SSSR count). The average molecular weight is 367 g/mol. The van der Waals surface area contributed by atoms with Crippen LogP contribution in [0, 0.1) is 0 Å². The Hall–Kier alpha value is -3.10. The Bertz CT molecular complexity index is 671. The number of carbonyl (C=O) groups is 4. The highest BCUT2D eigenvalue weighted by Gasteiger charge is 2.18. The van der Waals surface area contributed by atoms with E-state index in [0.717, 1.165) is 0 Å². The number of carbonyl (C=O) groups excluding carboxylic acids is 4. The zero-order valence-corrected chi connectivity index (χ0v) is 14.8. The largest absolute Gasteiger partial charge is 0.481 e. The summed E-state index contributed by atoms with van der Waals surface area (Å²) < 4.78 is 19.6. The summed E-state index contributed by atoms with van der Waals surface area (Å²) in [6, 6.07) is 4.20. The van der Waals surface area contributed by atoms with Gasteiger partial charge in [-0.2, -0.15) is 0 Å². The van der Waals surface area contributed by atoms with Crippen molar-refractivity contribution in [2.24, 2.45) is 0 Å². The Labute approximate surface area is 150 Å². The summed E-state index contributed by atoms with van der Waals surface area (Å²) in [6.07, 6.45) is 0. The highest BCUT2D eigenvalue weighted by Crippen LogP contribution is 2.24. The number of benzene rings is 1. The lowest BCUT2D eigenvalue weighted by molar-refractivity contribution is -0.146. The summed E-state index contributed by atoms with van der Waals surface area (Å²) in [6.45, 7) is 3.94. The van der Waals surface area contributed by atoms with Gasteiger partial charge in [0.05, 0.1) is 13.2 Å². The molecule has 0 spiro atoms. The molecular weight excluding hydrogens is 346 g/mol. The van der Waals surface area contributed by atoms with Crippen molar-refractivity contribution in [1.82, 2.24) is 0 Å². The number of amides is 1. The van der Waals surface area contributed by atoms with Gasteiger partial charge in [0.15, 0.2) is 13.2 Å². The van der Waals surface area contributed by atoms with E-state index in [9.17, 15) is 19.2 Å². The molecule has 0 aliphatic heterocycles. The Kier molecular flexibility index (Phi) is 8.62. The molecule has 26 heavy (non-hydrogen) atoms. The second-order valence-corrected chi connectivity index (χ2v) is 4.87. The highest BCUT2D eigenvalue weighted by atomic mass is 16.6. The van der Waals surface area contributed by atoms with Crippen LogP contribution in [0.1, 0.15) is 31.1 Å². The van der Waals surface area contributed by atoms with Crippen LogP contribution < -0.4 is 10.1 Å². The fourth-order valence-electron chi connectivity index (χ4n) is 1.84. The summed E-state index contributed by atoms with van der Waals surface area (Å²) in [5, 5.41) is 2.51. The van der Waals surface area contributed by atoms with Gasteiger partial charge in [-0.1, -0.05) is 0 Å². The Morgan fingerprint density at radius 2 is 1.54 bits per heavy atom. The molecule has 0 aliphatic rings. The maximum atomic E-state index is 12.2. The zero-order valence-electron chi connectivity index (χ0n) is 14.8. The number of rotatable bonds is 9. The van der Waals surface area contributed by atoms with Crippen LogP contribution in [0.3, 0.4) is 0 Å². The predicted octanol–water partition coefficient (Wildman–Crippen LogP) is 1.31. The fourth-order valence-corrected chi connectivity index (χ4v) is 1.84. The normalized spacial score (nSPS) is 9.81. The minimum Gasteiger partial charge on any atom is -0.481 e. The fraction of sp³-hybridized carbons (Fsp3) is 0.412. The van der Waals surface area contributed by atoms with Crippen molar-refractivity contribution >= 4 is 29.5 Å². The van der Waals surface area contributed by atoms with Crippen LogP contribution >= 0.6 is 0 Å². The third-order valence-electron chi connectivity index (χ3n) is 2.80. The van der Waals surface area contributed by atoms with Gasteiger partial charge in [0.1, 0.15) is 11.3 Å².